The average molecular weight is 428 g/mol. The third-order valence-electron chi connectivity index (χ3n) is 3.94. The monoisotopic (exact) mass is 428 g/mol. The molecular formula is C20H11F7N2O. The van der Waals surface area contributed by atoms with Crippen molar-refractivity contribution in [2.24, 2.45) is 0 Å². The van der Waals surface area contributed by atoms with Crippen molar-refractivity contribution in [1.29, 1.82) is 0 Å². The van der Waals surface area contributed by atoms with Crippen molar-refractivity contribution in [2.75, 3.05) is 10.6 Å². The van der Waals surface area contributed by atoms with Gasteiger partial charge in [0, 0.05) is 23.5 Å². The maximum absolute atomic E-state index is 13.7. The molecule has 0 fully saturated rings. The van der Waals surface area contributed by atoms with E-state index in [0.29, 0.717) is 18.2 Å². The van der Waals surface area contributed by atoms with Gasteiger partial charge in [-0.25, -0.2) is 17.6 Å². The van der Waals surface area contributed by atoms with Crippen molar-refractivity contribution >= 4 is 23.0 Å². The zero-order chi connectivity index (χ0) is 22.1. The van der Waals surface area contributed by atoms with Gasteiger partial charge in [0.25, 0.3) is 5.91 Å². The molecule has 156 valence electrons. The standard InChI is InChI=1S/C20H11F7N2O/c21-10-1-6-17(14(7-10)20(25,26)27)28-12-2-4-13(5-3-12)29-19(30)18-15(23)8-11(22)9-16(18)24/h1-9,28H,(H,29,30). The van der Waals surface area contributed by atoms with Gasteiger partial charge >= 0.3 is 6.18 Å². The molecule has 0 saturated heterocycles. The Balaban J connectivity index is 1.78. The van der Waals surface area contributed by atoms with Crippen LogP contribution in [-0.2, 0) is 6.18 Å². The normalized spacial score (nSPS) is 11.3. The molecule has 2 N–H and O–H groups in total. The molecule has 0 atom stereocenters. The molecule has 1 amide bonds. The van der Waals surface area contributed by atoms with Crippen LogP contribution >= 0.6 is 0 Å². The first-order valence-electron chi connectivity index (χ1n) is 8.24. The smallest absolute Gasteiger partial charge is 0.355 e. The third-order valence-corrected chi connectivity index (χ3v) is 3.94. The van der Waals surface area contributed by atoms with E-state index >= 15 is 0 Å². The van der Waals surface area contributed by atoms with Crippen LogP contribution in [0.15, 0.2) is 54.6 Å². The molecule has 0 aromatic heterocycles. The van der Waals surface area contributed by atoms with E-state index in [4.69, 9.17) is 0 Å². The maximum atomic E-state index is 13.7. The molecule has 0 spiro atoms. The summed E-state index contributed by atoms with van der Waals surface area (Å²) in [6.07, 6.45) is -4.79. The fourth-order valence-electron chi connectivity index (χ4n) is 2.61. The van der Waals surface area contributed by atoms with Crippen molar-refractivity contribution in [3.8, 4) is 0 Å². The predicted molar refractivity (Wildman–Crippen MR) is 95.4 cm³/mol. The van der Waals surface area contributed by atoms with Crippen LogP contribution in [-0.4, -0.2) is 5.91 Å². The highest BCUT2D eigenvalue weighted by Gasteiger charge is 2.34. The molecular weight excluding hydrogens is 417 g/mol. The van der Waals surface area contributed by atoms with Gasteiger partial charge in [0.15, 0.2) is 0 Å². The number of halogens is 7. The van der Waals surface area contributed by atoms with E-state index in [9.17, 15) is 35.5 Å². The second-order valence-electron chi connectivity index (χ2n) is 6.09. The van der Waals surface area contributed by atoms with Crippen LogP contribution in [0, 0.1) is 23.3 Å². The Morgan fingerprint density at radius 3 is 1.87 bits per heavy atom. The molecule has 0 radical (unpaired) electrons. The molecule has 3 nitrogen and oxygen atoms in total. The number of benzene rings is 3. The third kappa shape index (κ3) is 4.70. The largest absolute Gasteiger partial charge is 0.418 e. The highest BCUT2D eigenvalue weighted by atomic mass is 19.4. The van der Waals surface area contributed by atoms with Gasteiger partial charge in [-0.1, -0.05) is 0 Å². The quantitative estimate of drug-likeness (QED) is 0.482. The van der Waals surface area contributed by atoms with E-state index in [1.54, 1.807) is 0 Å². The number of rotatable bonds is 4. The second-order valence-corrected chi connectivity index (χ2v) is 6.09. The fraction of sp³-hybridized carbons (Fsp3) is 0.0500. The molecule has 0 saturated carbocycles. The topological polar surface area (TPSA) is 41.1 Å². The van der Waals surface area contributed by atoms with Crippen LogP contribution in [0.5, 0.6) is 0 Å². The van der Waals surface area contributed by atoms with Gasteiger partial charge in [0.1, 0.15) is 28.8 Å². The average Bonchev–Trinajstić information content (AvgIpc) is 2.63. The minimum atomic E-state index is -4.79. The van der Waals surface area contributed by atoms with Crippen LogP contribution < -0.4 is 10.6 Å². The molecule has 0 heterocycles. The molecule has 0 bridgehead atoms. The van der Waals surface area contributed by atoms with E-state index in [-0.39, 0.29) is 11.4 Å². The summed E-state index contributed by atoms with van der Waals surface area (Å²) in [4.78, 5) is 12.0. The van der Waals surface area contributed by atoms with Crippen LogP contribution in [0.3, 0.4) is 0 Å². The lowest BCUT2D eigenvalue weighted by atomic mass is 10.1. The zero-order valence-corrected chi connectivity index (χ0v) is 14.8. The lowest BCUT2D eigenvalue weighted by molar-refractivity contribution is -0.137. The zero-order valence-electron chi connectivity index (χ0n) is 14.8. The Kier molecular flexibility index (Phi) is 5.68. The van der Waals surface area contributed by atoms with Crippen molar-refractivity contribution in [2.45, 2.75) is 6.18 Å². The summed E-state index contributed by atoms with van der Waals surface area (Å²) in [7, 11) is 0. The van der Waals surface area contributed by atoms with Crippen molar-refractivity contribution in [1.82, 2.24) is 0 Å². The van der Waals surface area contributed by atoms with Gasteiger partial charge in [-0.15, -0.1) is 0 Å². The Bertz CT molecular complexity index is 1070. The number of carbonyl (C=O) groups is 1. The highest BCUT2D eigenvalue weighted by molar-refractivity contribution is 6.04. The van der Waals surface area contributed by atoms with Crippen LogP contribution in [0.2, 0.25) is 0 Å². The van der Waals surface area contributed by atoms with Crippen LogP contribution in [0.4, 0.5) is 47.8 Å². The number of nitrogens with one attached hydrogen (secondary N) is 2. The summed E-state index contributed by atoms with van der Waals surface area (Å²) in [6, 6.07) is 7.94. The Morgan fingerprint density at radius 1 is 0.733 bits per heavy atom. The van der Waals surface area contributed by atoms with E-state index in [0.717, 1.165) is 12.1 Å². The van der Waals surface area contributed by atoms with E-state index in [1.807, 2.05) is 0 Å². The summed E-state index contributed by atoms with van der Waals surface area (Å²) < 4.78 is 92.6. The fourth-order valence-corrected chi connectivity index (χ4v) is 2.61. The lowest BCUT2D eigenvalue weighted by Gasteiger charge is -2.15. The number of amides is 1. The van der Waals surface area contributed by atoms with Crippen LogP contribution in [0.1, 0.15) is 15.9 Å². The number of carbonyl (C=O) groups excluding carboxylic acids is 1. The van der Waals surface area contributed by atoms with E-state index in [1.165, 1.54) is 24.3 Å². The first kappa shape index (κ1) is 21.2. The summed E-state index contributed by atoms with van der Waals surface area (Å²) in [6.45, 7) is 0. The van der Waals surface area contributed by atoms with Gasteiger partial charge in [-0.05, 0) is 42.5 Å². The Morgan fingerprint density at radius 2 is 1.30 bits per heavy atom. The van der Waals surface area contributed by atoms with Gasteiger partial charge in [0.2, 0.25) is 0 Å². The van der Waals surface area contributed by atoms with Crippen molar-refractivity contribution < 1.29 is 35.5 Å². The SMILES string of the molecule is O=C(Nc1ccc(Nc2ccc(F)cc2C(F)(F)F)cc1)c1c(F)cc(F)cc1F. The molecule has 3 rings (SSSR count). The molecule has 30 heavy (non-hydrogen) atoms. The summed E-state index contributed by atoms with van der Waals surface area (Å²) in [5.74, 6) is -6.19. The number of hydrogen-bond donors (Lipinski definition) is 2. The van der Waals surface area contributed by atoms with E-state index < -0.39 is 52.2 Å². The molecule has 3 aromatic rings. The highest BCUT2D eigenvalue weighted by Crippen LogP contribution is 2.36. The molecule has 10 heteroatoms. The molecule has 0 aliphatic heterocycles. The van der Waals surface area contributed by atoms with Gasteiger partial charge in [0.05, 0.1) is 11.3 Å². The molecule has 3 aromatic carbocycles. The van der Waals surface area contributed by atoms with Gasteiger partial charge in [-0.2, -0.15) is 13.2 Å². The van der Waals surface area contributed by atoms with Crippen molar-refractivity contribution in [3.05, 3.63) is 89.0 Å². The number of anilines is 3. The first-order chi connectivity index (χ1) is 14.0. The first-order valence-corrected chi connectivity index (χ1v) is 8.24. The maximum Gasteiger partial charge on any atom is 0.418 e. The summed E-state index contributed by atoms with van der Waals surface area (Å²) >= 11 is 0. The van der Waals surface area contributed by atoms with Gasteiger partial charge in [-0.3, -0.25) is 4.79 Å². The summed E-state index contributed by atoms with van der Waals surface area (Å²) in [5.41, 5.74) is -2.34. The molecule has 0 aliphatic rings. The minimum Gasteiger partial charge on any atom is -0.355 e. The van der Waals surface area contributed by atoms with Crippen LogP contribution in [0.25, 0.3) is 0 Å². The number of alkyl halides is 3. The molecule has 0 aliphatic carbocycles. The predicted octanol–water partition coefficient (Wildman–Crippen LogP) is 6.26. The van der Waals surface area contributed by atoms with Crippen molar-refractivity contribution in [3.63, 3.8) is 0 Å². The van der Waals surface area contributed by atoms with E-state index in [2.05, 4.69) is 10.6 Å². The van der Waals surface area contributed by atoms with Gasteiger partial charge < -0.3 is 10.6 Å². The number of hydrogen-bond acceptors (Lipinski definition) is 2. The minimum absolute atomic E-state index is 0.0730. The lowest BCUT2D eigenvalue weighted by Crippen LogP contribution is -2.16. The summed E-state index contributed by atoms with van der Waals surface area (Å²) in [5, 5.41) is 4.68. The molecule has 0 unspecified atom stereocenters. The second kappa shape index (κ2) is 8.05. The Hall–Kier alpha value is -3.56. The Labute approximate surface area is 165 Å².